The summed E-state index contributed by atoms with van der Waals surface area (Å²) >= 11 is 0. The van der Waals surface area contributed by atoms with Crippen LogP contribution in [-0.2, 0) is 4.79 Å². The Morgan fingerprint density at radius 2 is 1.56 bits per heavy atom. The van der Waals surface area contributed by atoms with E-state index in [1.807, 2.05) is 0 Å². The fourth-order valence-corrected chi connectivity index (χ4v) is 2.48. The van der Waals surface area contributed by atoms with Crippen LogP contribution in [0.5, 0.6) is 0 Å². The molecule has 0 aromatic rings. The van der Waals surface area contributed by atoms with Gasteiger partial charge < -0.3 is 5.73 Å². The van der Waals surface area contributed by atoms with Crippen molar-refractivity contribution < 1.29 is 4.79 Å². The van der Waals surface area contributed by atoms with Gasteiger partial charge in [0, 0.05) is 0 Å². The molecular weight excluding hydrogens is 198 g/mol. The molecule has 1 atom stereocenters. The van der Waals surface area contributed by atoms with Gasteiger partial charge in [-0.15, -0.1) is 0 Å². The summed E-state index contributed by atoms with van der Waals surface area (Å²) in [5.41, 5.74) is 5.44. The number of carbonyl (C=O) groups is 1. The van der Waals surface area contributed by atoms with Gasteiger partial charge in [-0.3, -0.25) is 4.79 Å². The highest BCUT2D eigenvalue weighted by atomic mass is 16.1. The molecule has 0 aromatic heterocycles. The average Bonchev–Trinajstić information content (AvgIpc) is 2.28. The van der Waals surface area contributed by atoms with Gasteiger partial charge in [0.05, 0.1) is 5.41 Å². The first-order valence-electron chi connectivity index (χ1n) is 6.85. The van der Waals surface area contributed by atoms with E-state index < -0.39 is 0 Å². The smallest absolute Gasteiger partial charge is 0.223 e. The van der Waals surface area contributed by atoms with E-state index in [2.05, 4.69) is 27.7 Å². The van der Waals surface area contributed by atoms with Crippen LogP contribution in [0.3, 0.4) is 0 Å². The minimum absolute atomic E-state index is 0.0799. The molecule has 0 saturated carbocycles. The molecule has 0 fully saturated rings. The fraction of sp³-hybridized carbons (Fsp3) is 0.929. The van der Waals surface area contributed by atoms with E-state index in [4.69, 9.17) is 5.73 Å². The van der Waals surface area contributed by atoms with Crippen LogP contribution >= 0.6 is 0 Å². The molecule has 0 rings (SSSR count). The van der Waals surface area contributed by atoms with E-state index in [9.17, 15) is 4.79 Å². The maximum Gasteiger partial charge on any atom is 0.223 e. The maximum atomic E-state index is 11.9. The van der Waals surface area contributed by atoms with Gasteiger partial charge in [0.1, 0.15) is 0 Å². The van der Waals surface area contributed by atoms with Crippen molar-refractivity contribution in [2.45, 2.75) is 72.6 Å². The van der Waals surface area contributed by atoms with Crippen molar-refractivity contribution in [1.82, 2.24) is 0 Å². The van der Waals surface area contributed by atoms with E-state index in [1.165, 1.54) is 0 Å². The summed E-state index contributed by atoms with van der Waals surface area (Å²) in [7, 11) is 0. The number of primary amides is 1. The zero-order chi connectivity index (χ0) is 12.6. The molecule has 0 bridgehead atoms. The number of amides is 1. The van der Waals surface area contributed by atoms with Crippen LogP contribution in [0.1, 0.15) is 72.6 Å². The summed E-state index contributed by atoms with van der Waals surface area (Å²) in [6.45, 7) is 8.67. The van der Waals surface area contributed by atoms with Crippen molar-refractivity contribution in [3.63, 3.8) is 0 Å². The van der Waals surface area contributed by atoms with Crippen LogP contribution in [0.25, 0.3) is 0 Å². The Bertz CT molecular complexity index is 193. The van der Waals surface area contributed by atoms with E-state index in [0.717, 1.165) is 44.9 Å². The summed E-state index contributed by atoms with van der Waals surface area (Å²) in [4.78, 5) is 11.9. The summed E-state index contributed by atoms with van der Waals surface area (Å²) < 4.78 is 0. The number of unbranched alkanes of at least 4 members (excludes halogenated alkanes) is 2. The second-order valence-corrected chi connectivity index (χ2v) is 5.04. The largest absolute Gasteiger partial charge is 0.369 e. The van der Waals surface area contributed by atoms with Gasteiger partial charge in [-0.1, -0.05) is 59.8 Å². The molecule has 0 heterocycles. The molecule has 1 amide bonds. The van der Waals surface area contributed by atoms with Gasteiger partial charge in [-0.05, 0) is 18.8 Å². The van der Waals surface area contributed by atoms with Crippen LogP contribution in [0.15, 0.2) is 0 Å². The van der Waals surface area contributed by atoms with Crippen LogP contribution in [0, 0.1) is 11.3 Å². The molecule has 0 aliphatic rings. The number of carbonyl (C=O) groups excluding carboxylic acids is 1. The summed E-state index contributed by atoms with van der Waals surface area (Å²) in [6.07, 6.45) is 7.46. The first-order valence-corrected chi connectivity index (χ1v) is 6.85. The Hall–Kier alpha value is -0.530. The second-order valence-electron chi connectivity index (χ2n) is 5.04. The number of hydrogen-bond donors (Lipinski definition) is 1. The van der Waals surface area contributed by atoms with Gasteiger partial charge in [0.25, 0.3) is 0 Å². The third kappa shape index (κ3) is 3.80. The quantitative estimate of drug-likeness (QED) is 0.638. The van der Waals surface area contributed by atoms with Crippen molar-refractivity contribution in [2.24, 2.45) is 17.1 Å². The van der Waals surface area contributed by atoms with Crippen LogP contribution in [-0.4, -0.2) is 5.91 Å². The zero-order valence-electron chi connectivity index (χ0n) is 11.5. The third-order valence-electron chi connectivity index (χ3n) is 4.00. The first-order chi connectivity index (χ1) is 7.55. The second kappa shape index (κ2) is 7.70. The molecule has 0 radical (unpaired) electrons. The molecule has 96 valence electrons. The molecule has 16 heavy (non-hydrogen) atoms. The van der Waals surface area contributed by atoms with Crippen LogP contribution < -0.4 is 5.73 Å². The molecule has 0 aromatic carbocycles. The average molecular weight is 227 g/mol. The van der Waals surface area contributed by atoms with E-state index in [1.54, 1.807) is 0 Å². The lowest BCUT2D eigenvalue weighted by Gasteiger charge is -2.36. The molecule has 2 heteroatoms. The minimum atomic E-state index is -0.249. The van der Waals surface area contributed by atoms with E-state index in [0.29, 0.717) is 5.92 Å². The van der Waals surface area contributed by atoms with Crippen molar-refractivity contribution in [2.75, 3.05) is 0 Å². The lowest BCUT2D eigenvalue weighted by Crippen LogP contribution is -2.42. The minimum Gasteiger partial charge on any atom is -0.369 e. The number of rotatable bonds is 9. The third-order valence-corrected chi connectivity index (χ3v) is 4.00. The van der Waals surface area contributed by atoms with Gasteiger partial charge in [0.15, 0.2) is 0 Å². The molecule has 2 nitrogen and oxygen atoms in total. The highest BCUT2D eigenvalue weighted by Crippen LogP contribution is 2.40. The molecular formula is C14H29NO. The highest BCUT2D eigenvalue weighted by Gasteiger charge is 2.39. The summed E-state index contributed by atoms with van der Waals surface area (Å²) in [6, 6.07) is 0. The van der Waals surface area contributed by atoms with E-state index in [-0.39, 0.29) is 11.3 Å². The summed E-state index contributed by atoms with van der Waals surface area (Å²) in [5, 5.41) is 0. The maximum absolute atomic E-state index is 11.9. The van der Waals surface area contributed by atoms with Crippen LogP contribution in [0.2, 0.25) is 0 Å². The molecule has 0 aliphatic carbocycles. The first kappa shape index (κ1) is 15.5. The zero-order valence-corrected chi connectivity index (χ0v) is 11.5. The standard InChI is InChI=1S/C14H29NO/c1-5-8-10-14(13(15)16,11-9-6-2)12(4)7-3/h12H,5-11H2,1-4H3,(H2,15,16). The Kier molecular flexibility index (Phi) is 7.44. The highest BCUT2D eigenvalue weighted by molar-refractivity contribution is 5.81. The van der Waals surface area contributed by atoms with Gasteiger partial charge in [-0.25, -0.2) is 0 Å². The Morgan fingerprint density at radius 1 is 1.12 bits per heavy atom. The molecule has 0 aliphatic heterocycles. The number of hydrogen-bond acceptors (Lipinski definition) is 1. The van der Waals surface area contributed by atoms with Crippen LogP contribution in [0.4, 0.5) is 0 Å². The summed E-state index contributed by atoms with van der Waals surface area (Å²) in [5.74, 6) is 0.326. The lowest BCUT2D eigenvalue weighted by atomic mass is 9.68. The molecule has 0 spiro atoms. The van der Waals surface area contributed by atoms with Gasteiger partial charge in [0.2, 0.25) is 5.91 Å². The van der Waals surface area contributed by atoms with E-state index >= 15 is 0 Å². The number of nitrogens with two attached hydrogens (primary N) is 1. The molecule has 0 saturated heterocycles. The normalized spacial score (nSPS) is 13.8. The predicted molar refractivity (Wildman–Crippen MR) is 70.1 cm³/mol. The van der Waals surface area contributed by atoms with Crippen molar-refractivity contribution in [3.8, 4) is 0 Å². The monoisotopic (exact) mass is 227 g/mol. The van der Waals surface area contributed by atoms with Gasteiger partial charge >= 0.3 is 0 Å². The van der Waals surface area contributed by atoms with Crippen molar-refractivity contribution >= 4 is 5.91 Å². The Labute approximate surface area is 101 Å². The van der Waals surface area contributed by atoms with Gasteiger partial charge in [-0.2, -0.15) is 0 Å². The fourth-order valence-electron chi connectivity index (χ4n) is 2.48. The SMILES string of the molecule is CCCCC(CCCC)(C(N)=O)C(C)CC. The van der Waals surface area contributed by atoms with Crippen molar-refractivity contribution in [1.29, 1.82) is 0 Å². The molecule has 1 unspecified atom stereocenters. The predicted octanol–water partition coefficient (Wildman–Crippen LogP) is 3.88. The van der Waals surface area contributed by atoms with Crippen molar-refractivity contribution in [3.05, 3.63) is 0 Å². The topological polar surface area (TPSA) is 43.1 Å². The lowest BCUT2D eigenvalue weighted by molar-refractivity contribution is -0.132. The Balaban J connectivity index is 4.81. The Morgan fingerprint density at radius 3 is 1.81 bits per heavy atom. The molecule has 2 N–H and O–H groups in total.